The fraction of sp³-hybridized carbons (Fsp3) is 0.143. The number of furan rings is 2. The van der Waals surface area contributed by atoms with Crippen LogP contribution in [0.25, 0.3) is 11.7 Å². The minimum Gasteiger partial charge on any atom is -0.467 e. The van der Waals surface area contributed by atoms with Crippen LogP contribution in [0.1, 0.15) is 16.1 Å². The number of anilines is 1. The summed E-state index contributed by atoms with van der Waals surface area (Å²) in [7, 11) is 1.61. The molecule has 0 aliphatic heterocycles. The summed E-state index contributed by atoms with van der Waals surface area (Å²) in [6.45, 7) is 0.253. The Kier molecular flexibility index (Phi) is 6.18. The summed E-state index contributed by atoms with van der Waals surface area (Å²) >= 11 is 1.11. The van der Waals surface area contributed by atoms with E-state index in [-0.39, 0.29) is 35.2 Å². The number of carbonyl (C=O) groups excluding carboxylic acids is 2. The van der Waals surface area contributed by atoms with Gasteiger partial charge in [-0.25, -0.2) is 0 Å². The number of benzene rings is 1. The molecule has 0 atom stereocenters. The van der Waals surface area contributed by atoms with Crippen molar-refractivity contribution < 1.29 is 22.8 Å². The SMILES string of the molecule is CN(C(=O)CSc1nnc(-c2ccco2)o1)c1ccccc1C(=O)NCc1ccco1. The maximum atomic E-state index is 12.7. The van der Waals surface area contributed by atoms with Crippen molar-refractivity contribution in [1.29, 1.82) is 0 Å². The third-order valence-electron chi connectivity index (χ3n) is 4.34. The maximum absolute atomic E-state index is 12.7. The highest BCUT2D eigenvalue weighted by atomic mass is 32.2. The first-order valence-electron chi connectivity index (χ1n) is 9.28. The van der Waals surface area contributed by atoms with E-state index in [1.165, 1.54) is 11.2 Å². The van der Waals surface area contributed by atoms with Crippen LogP contribution < -0.4 is 10.2 Å². The minimum absolute atomic E-state index is 0.0542. The van der Waals surface area contributed by atoms with E-state index in [1.807, 2.05) is 0 Å². The van der Waals surface area contributed by atoms with Crippen LogP contribution in [0, 0.1) is 0 Å². The molecule has 0 saturated carbocycles. The van der Waals surface area contributed by atoms with E-state index in [0.29, 0.717) is 22.8 Å². The largest absolute Gasteiger partial charge is 0.467 e. The van der Waals surface area contributed by atoms with E-state index in [1.54, 1.807) is 61.8 Å². The zero-order valence-electron chi connectivity index (χ0n) is 16.5. The summed E-state index contributed by atoms with van der Waals surface area (Å²) < 4.78 is 15.9. The molecule has 158 valence electrons. The predicted octanol–water partition coefficient (Wildman–Crippen LogP) is 3.61. The minimum atomic E-state index is -0.306. The number of nitrogens with zero attached hydrogens (tertiary/aromatic N) is 3. The smallest absolute Gasteiger partial charge is 0.284 e. The van der Waals surface area contributed by atoms with Gasteiger partial charge < -0.3 is 23.5 Å². The van der Waals surface area contributed by atoms with Crippen LogP contribution in [-0.2, 0) is 11.3 Å². The van der Waals surface area contributed by atoms with Crippen molar-refractivity contribution in [2.45, 2.75) is 11.8 Å². The van der Waals surface area contributed by atoms with E-state index >= 15 is 0 Å². The second-order valence-corrected chi connectivity index (χ2v) is 7.30. The summed E-state index contributed by atoms with van der Waals surface area (Å²) in [4.78, 5) is 26.8. The molecule has 4 rings (SSSR count). The summed E-state index contributed by atoms with van der Waals surface area (Å²) in [5.74, 6) is 0.858. The Balaban J connectivity index is 1.39. The Labute approximate surface area is 181 Å². The summed E-state index contributed by atoms with van der Waals surface area (Å²) in [6, 6.07) is 13.8. The van der Waals surface area contributed by atoms with Gasteiger partial charge in [0, 0.05) is 7.05 Å². The fourth-order valence-electron chi connectivity index (χ4n) is 2.76. The lowest BCUT2D eigenvalue weighted by Crippen LogP contribution is -2.31. The molecule has 3 heterocycles. The average Bonchev–Trinajstić information content (AvgIpc) is 3.57. The molecule has 0 radical (unpaired) electrons. The Bertz CT molecular complexity index is 1150. The van der Waals surface area contributed by atoms with Gasteiger partial charge in [0.05, 0.1) is 36.1 Å². The number of nitrogens with one attached hydrogen (secondary N) is 1. The molecule has 1 aromatic carbocycles. The zero-order valence-corrected chi connectivity index (χ0v) is 17.3. The first kappa shape index (κ1) is 20.5. The molecule has 0 aliphatic carbocycles. The van der Waals surface area contributed by atoms with Gasteiger partial charge in [-0.05, 0) is 36.4 Å². The zero-order chi connectivity index (χ0) is 21.6. The molecule has 3 aromatic heterocycles. The molecule has 0 saturated heterocycles. The van der Waals surface area contributed by atoms with Crippen molar-refractivity contribution in [2.75, 3.05) is 17.7 Å². The second-order valence-electron chi connectivity index (χ2n) is 6.37. The van der Waals surface area contributed by atoms with Crippen LogP contribution in [0.15, 0.2) is 79.5 Å². The summed E-state index contributed by atoms with van der Waals surface area (Å²) in [5.41, 5.74) is 0.875. The van der Waals surface area contributed by atoms with Crippen molar-refractivity contribution >= 4 is 29.3 Å². The van der Waals surface area contributed by atoms with E-state index < -0.39 is 0 Å². The normalized spacial score (nSPS) is 10.7. The first-order valence-corrected chi connectivity index (χ1v) is 10.3. The quantitative estimate of drug-likeness (QED) is 0.415. The van der Waals surface area contributed by atoms with Crippen LogP contribution in [0.5, 0.6) is 0 Å². The molecule has 0 bridgehead atoms. The van der Waals surface area contributed by atoms with Crippen molar-refractivity contribution in [3.8, 4) is 11.7 Å². The van der Waals surface area contributed by atoms with Gasteiger partial charge in [-0.1, -0.05) is 23.9 Å². The topological polar surface area (TPSA) is 115 Å². The maximum Gasteiger partial charge on any atom is 0.284 e. The van der Waals surface area contributed by atoms with Crippen molar-refractivity contribution in [2.24, 2.45) is 0 Å². The number of thioether (sulfide) groups is 1. The highest BCUT2D eigenvalue weighted by molar-refractivity contribution is 7.99. The first-order chi connectivity index (χ1) is 15.1. The Morgan fingerprint density at radius 2 is 1.84 bits per heavy atom. The van der Waals surface area contributed by atoms with Gasteiger partial charge in [0.2, 0.25) is 5.91 Å². The summed E-state index contributed by atoms with van der Waals surface area (Å²) in [5, 5.41) is 10.9. The molecule has 0 spiro atoms. The molecular formula is C21H18N4O5S. The lowest BCUT2D eigenvalue weighted by atomic mass is 10.1. The lowest BCUT2D eigenvalue weighted by molar-refractivity contribution is -0.115. The lowest BCUT2D eigenvalue weighted by Gasteiger charge is -2.20. The van der Waals surface area contributed by atoms with Gasteiger partial charge in [0.25, 0.3) is 17.0 Å². The predicted molar refractivity (Wildman–Crippen MR) is 112 cm³/mol. The number of amides is 2. The molecule has 0 unspecified atom stereocenters. The Morgan fingerprint density at radius 3 is 2.61 bits per heavy atom. The van der Waals surface area contributed by atoms with E-state index in [9.17, 15) is 9.59 Å². The Morgan fingerprint density at radius 1 is 1.03 bits per heavy atom. The number of hydrogen-bond acceptors (Lipinski definition) is 8. The molecule has 2 amide bonds. The van der Waals surface area contributed by atoms with Gasteiger partial charge in [-0.2, -0.15) is 0 Å². The molecule has 31 heavy (non-hydrogen) atoms. The van der Waals surface area contributed by atoms with Crippen LogP contribution in [0.2, 0.25) is 0 Å². The number of aromatic nitrogens is 2. The standard InChI is InChI=1S/C21H18N4O5S/c1-25(18(26)13-31-21-24-23-20(30-21)17-9-5-11-29-17)16-8-3-2-7-15(16)19(27)22-12-14-6-4-10-28-14/h2-11H,12-13H2,1H3,(H,22,27). The third kappa shape index (κ3) is 4.86. The number of rotatable bonds is 8. The Hall–Kier alpha value is -3.79. The fourth-order valence-corrected chi connectivity index (χ4v) is 3.43. The van der Waals surface area contributed by atoms with Crippen molar-refractivity contribution in [3.63, 3.8) is 0 Å². The molecule has 1 N–H and O–H groups in total. The van der Waals surface area contributed by atoms with E-state index in [4.69, 9.17) is 13.3 Å². The summed E-state index contributed by atoms with van der Waals surface area (Å²) in [6.07, 6.45) is 3.05. The number of hydrogen-bond donors (Lipinski definition) is 1. The number of para-hydroxylation sites is 1. The second kappa shape index (κ2) is 9.35. The van der Waals surface area contributed by atoms with E-state index in [2.05, 4.69) is 15.5 Å². The molecule has 0 aliphatic rings. The van der Waals surface area contributed by atoms with Crippen LogP contribution >= 0.6 is 11.8 Å². The van der Waals surface area contributed by atoms with Crippen molar-refractivity contribution in [1.82, 2.24) is 15.5 Å². The molecular weight excluding hydrogens is 420 g/mol. The third-order valence-corrected chi connectivity index (χ3v) is 5.15. The van der Waals surface area contributed by atoms with Crippen LogP contribution in [0.4, 0.5) is 5.69 Å². The van der Waals surface area contributed by atoms with Gasteiger partial charge in [-0.3, -0.25) is 9.59 Å². The van der Waals surface area contributed by atoms with Crippen molar-refractivity contribution in [3.05, 3.63) is 72.4 Å². The highest BCUT2D eigenvalue weighted by Crippen LogP contribution is 2.25. The highest BCUT2D eigenvalue weighted by Gasteiger charge is 2.20. The molecule has 9 nitrogen and oxygen atoms in total. The van der Waals surface area contributed by atoms with E-state index in [0.717, 1.165) is 11.8 Å². The van der Waals surface area contributed by atoms with Crippen LogP contribution in [0.3, 0.4) is 0 Å². The average molecular weight is 438 g/mol. The van der Waals surface area contributed by atoms with Gasteiger partial charge in [-0.15, -0.1) is 10.2 Å². The number of carbonyl (C=O) groups is 2. The molecule has 10 heteroatoms. The van der Waals surface area contributed by atoms with Gasteiger partial charge >= 0.3 is 0 Å². The molecule has 0 fully saturated rings. The van der Waals surface area contributed by atoms with Gasteiger partial charge in [0.15, 0.2) is 5.76 Å². The molecule has 4 aromatic rings. The van der Waals surface area contributed by atoms with Gasteiger partial charge in [0.1, 0.15) is 5.76 Å². The monoisotopic (exact) mass is 438 g/mol. The van der Waals surface area contributed by atoms with Crippen LogP contribution in [-0.4, -0.2) is 34.8 Å².